The molecule has 0 aromatic heterocycles. The van der Waals surface area contributed by atoms with E-state index in [0.29, 0.717) is 38.6 Å². The molecule has 0 bridgehead atoms. The van der Waals surface area contributed by atoms with E-state index in [9.17, 15) is 9.00 Å². The van der Waals surface area contributed by atoms with Crippen LogP contribution in [-0.2, 0) is 20.3 Å². The summed E-state index contributed by atoms with van der Waals surface area (Å²) in [5.74, 6) is 1.83. The van der Waals surface area contributed by atoms with Crippen molar-refractivity contribution in [1.82, 2.24) is 15.1 Å². The van der Waals surface area contributed by atoms with Crippen molar-refractivity contribution in [2.75, 3.05) is 58.7 Å². The van der Waals surface area contributed by atoms with Crippen molar-refractivity contribution >= 4 is 22.7 Å². The molecule has 2 fully saturated rings. The molecule has 0 aromatic rings. The monoisotopic (exact) mass is 386 g/mol. The number of likely N-dealkylation sites (tertiary alicyclic amines) is 1. The van der Waals surface area contributed by atoms with Crippen LogP contribution in [0.2, 0.25) is 0 Å². The SMILES string of the molecule is CN=C(NCCS(=O)C(C)(C)C)N1CCC(C(=O)N2CCOCC2)CC1. The second kappa shape index (κ2) is 9.69. The summed E-state index contributed by atoms with van der Waals surface area (Å²) in [7, 11) is 0.900. The number of hydrogen-bond donors (Lipinski definition) is 1. The molecule has 0 aliphatic carbocycles. The first-order chi connectivity index (χ1) is 12.3. The van der Waals surface area contributed by atoms with E-state index in [1.165, 1.54) is 0 Å². The lowest BCUT2D eigenvalue weighted by Gasteiger charge is -2.36. The van der Waals surface area contributed by atoms with Crippen LogP contribution < -0.4 is 5.32 Å². The normalized spacial score (nSPS) is 21.6. The zero-order valence-corrected chi connectivity index (χ0v) is 17.4. The summed E-state index contributed by atoms with van der Waals surface area (Å²) in [6, 6.07) is 0. The van der Waals surface area contributed by atoms with E-state index in [0.717, 1.165) is 31.9 Å². The molecule has 26 heavy (non-hydrogen) atoms. The molecule has 1 N–H and O–H groups in total. The molecule has 1 amide bonds. The number of guanidine groups is 1. The fourth-order valence-corrected chi connectivity index (χ4v) is 4.17. The summed E-state index contributed by atoms with van der Waals surface area (Å²) in [5, 5.41) is 3.32. The summed E-state index contributed by atoms with van der Waals surface area (Å²) in [6.45, 7) is 11.0. The van der Waals surface area contributed by atoms with Crippen LogP contribution in [0.3, 0.4) is 0 Å². The molecule has 150 valence electrons. The second-order valence-corrected chi connectivity index (χ2v) is 10.2. The fraction of sp³-hybridized carbons (Fsp3) is 0.889. The maximum Gasteiger partial charge on any atom is 0.225 e. The highest BCUT2D eigenvalue weighted by Crippen LogP contribution is 2.20. The van der Waals surface area contributed by atoms with Crippen molar-refractivity contribution in [3.05, 3.63) is 0 Å². The summed E-state index contributed by atoms with van der Waals surface area (Å²) >= 11 is 0. The first-order valence-corrected chi connectivity index (χ1v) is 10.9. The van der Waals surface area contributed by atoms with Gasteiger partial charge in [-0.1, -0.05) is 0 Å². The Bertz CT molecular complexity index is 519. The Morgan fingerprint density at radius 1 is 1.15 bits per heavy atom. The Morgan fingerprint density at radius 2 is 1.77 bits per heavy atom. The van der Waals surface area contributed by atoms with Gasteiger partial charge in [0.1, 0.15) is 0 Å². The van der Waals surface area contributed by atoms with Gasteiger partial charge in [0.05, 0.1) is 13.2 Å². The maximum absolute atomic E-state index is 12.6. The van der Waals surface area contributed by atoms with E-state index in [-0.39, 0.29) is 16.6 Å². The number of rotatable bonds is 4. The molecule has 2 rings (SSSR count). The number of morpholine rings is 1. The summed E-state index contributed by atoms with van der Waals surface area (Å²) < 4.78 is 17.3. The summed E-state index contributed by atoms with van der Waals surface area (Å²) in [5.41, 5.74) is 0. The summed E-state index contributed by atoms with van der Waals surface area (Å²) in [6.07, 6.45) is 1.70. The topological polar surface area (TPSA) is 74.2 Å². The highest BCUT2D eigenvalue weighted by atomic mass is 32.2. The lowest BCUT2D eigenvalue weighted by atomic mass is 9.95. The van der Waals surface area contributed by atoms with E-state index in [4.69, 9.17) is 4.74 Å². The first kappa shape index (κ1) is 21.2. The van der Waals surface area contributed by atoms with Crippen LogP contribution in [0.1, 0.15) is 33.6 Å². The second-order valence-electron chi connectivity index (χ2n) is 7.83. The lowest BCUT2D eigenvalue weighted by molar-refractivity contribution is -0.140. The molecule has 0 spiro atoms. The van der Waals surface area contributed by atoms with Crippen molar-refractivity contribution in [2.24, 2.45) is 10.9 Å². The third kappa shape index (κ3) is 5.94. The standard InChI is InChI=1S/C18H34N4O3S/c1-18(2,3)26(24)14-7-20-17(19-4)22-8-5-15(6-9-22)16(23)21-10-12-25-13-11-21/h15H,5-14H2,1-4H3,(H,19,20). The van der Waals surface area contributed by atoms with Crippen LogP contribution in [0.4, 0.5) is 0 Å². The minimum Gasteiger partial charge on any atom is -0.378 e. The van der Waals surface area contributed by atoms with Gasteiger partial charge >= 0.3 is 0 Å². The molecule has 0 radical (unpaired) electrons. The number of ether oxygens (including phenoxy) is 1. The quantitative estimate of drug-likeness (QED) is 0.568. The number of piperidine rings is 1. The zero-order chi connectivity index (χ0) is 19.2. The number of carbonyl (C=O) groups excluding carboxylic acids is 1. The Morgan fingerprint density at radius 3 is 2.31 bits per heavy atom. The highest BCUT2D eigenvalue weighted by Gasteiger charge is 2.30. The van der Waals surface area contributed by atoms with Crippen molar-refractivity contribution in [2.45, 2.75) is 38.4 Å². The predicted octanol–water partition coefficient (Wildman–Crippen LogP) is 0.680. The smallest absolute Gasteiger partial charge is 0.225 e. The van der Waals surface area contributed by atoms with Gasteiger partial charge in [-0.2, -0.15) is 0 Å². The molecule has 0 saturated carbocycles. The van der Waals surface area contributed by atoms with Crippen molar-refractivity contribution in [3.63, 3.8) is 0 Å². The van der Waals surface area contributed by atoms with E-state index >= 15 is 0 Å². The molecule has 2 heterocycles. The van der Waals surface area contributed by atoms with Crippen molar-refractivity contribution in [1.29, 1.82) is 0 Å². The van der Waals surface area contributed by atoms with Crippen LogP contribution in [0.25, 0.3) is 0 Å². The number of hydrogen-bond acceptors (Lipinski definition) is 4. The van der Waals surface area contributed by atoms with Crippen LogP contribution in [0.15, 0.2) is 4.99 Å². The molecule has 2 saturated heterocycles. The van der Waals surface area contributed by atoms with Gasteiger partial charge in [0.2, 0.25) is 5.91 Å². The van der Waals surface area contributed by atoms with Gasteiger partial charge in [-0.15, -0.1) is 0 Å². The van der Waals surface area contributed by atoms with Crippen LogP contribution in [0, 0.1) is 5.92 Å². The van der Waals surface area contributed by atoms with Crippen molar-refractivity contribution < 1.29 is 13.7 Å². The molecule has 1 atom stereocenters. The number of aliphatic imine (C=N–C) groups is 1. The number of amides is 1. The third-order valence-corrected chi connectivity index (χ3v) is 6.87. The van der Waals surface area contributed by atoms with Crippen LogP contribution in [0.5, 0.6) is 0 Å². The largest absolute Gasteiger partial charge is 0.378 e. The molecular weight excluding hydrogens is 352 g/mol. The Hall–Kier alpha value is -1.15. The van der Waals surface area contributed by atoms with Gasteiger partial charge in [0, 0.05) is 67.0 Å². The van der Waals surface area contributed by atoms with Crippen molar-refractivity contribution in [3.8, 4) is 0 Å². The van der Waals surface area contributed by atoms with Crippen LogP contribution in [-0.4, -0.2) is 89.4 Å². The zero-order valence-electron chi connectivity index (χ0n) is 16.6. The van der Waals surface area contributed by atoms with E-state index in [1.54, 1.807) is 7.05 Å². The van der Waals surface area contributed by atoms with Gasteiger partial charge < -0.3 is 19.9 Å². The molecule has 0 aromatic carbocycles. The van der Waals surface area contributed by atoms with E-state index in [2.05, 4.69) is 15.2 Å². The van der Waals surface area contributed by atoms with E-state index in [1.807, 2.05) is 25.7 Å². The highest BCUT2D eigenvalue weighted by molar-refractivity contribution is 7.86. The molecule has 2 aliphatic heterocycles. The molecule has 7 nitrogen and oxygen atoms in total. The van der Waals surface area contributed by atoms with Crippen LogP contribution >= 0.6 is 0 Å². The van der Waals surface area contributed by atoms with Gasteiger partial charge in [-0.05, 0) is 33.6 Å². The Kier molecular flexibility index (Phi) is 7.88. The molecule has 2 aliphatic rings. The molecule has 8 heteroatoms. The van der Waals surface area contributed by atoms with Gasteiger partial charge in [-0.3, -0.25) is 14.0 Å². The van der Waals surface area contributed by atoms with Gasteiger partial charge in [0.15, 0.2) is 5.96 Å². The number of nitrogens with one attached hydrogen (secondary N) is 1. The Labute approximate surface area is 160 Å². The number of nitrogens with zero attached hydrogens (tertiary/aromatic N) is 3. The molecular formula is C18H34N4O3S. The lowest BCUT2D eigenvalue weighted by Crippen LogP contribution is -2.50. The summed E-state index contributed by atoms with van der Waals surface area (Å²) in [4.78, 5) is 21.1. The number of carbonyl (C=O) groups is 1. The maximum atomic E-state index is 12.6. The minimum atomic E-state index is -0.872. The fourth-order valence-electron chi connectivity index (χ4n) is 3.27. The van der Waals surface area contributed by atoms with E-state index < -0.39 is 10.8 Å². The van der Waals surface area contributed by atoms with Gasteiger partial charge in [-0.25, -0.2) is 0 Å². The predicted molar refractivity (Wildman–Crippen MR) is 106 cm³/mol. The first-order valence-electron chi connectivity index (χ1n) is 9.53. The average Bonchev–Trinajstić information content (AvgIpc) is 2.64. The third-order valence-electron chi connectivity index (χ3n) is 4.93. The Balaban J connectivity index is 1.76. The average molecular weight is 387 g/mol. The minimum absolute atomic E-state index is 0.107. The molecule has 1 unspecified atom stereocenters. The van der Waals surface area contributed by atoms with Gasteiger partial charge in [0.25, 0.3) is 0 Å².